The van der Waals surface area contributed by atoms with Crippen LogP contribution in [0.1, 0.15) is 23.2 Å². The van der Waals surface area contributed by atoms with Gasteiger partial charge in [-0.2, -0.15) is 0 Å². The number of morpholine rings is 1. The molecule has 164 valence electrons. The van der Waals surface area contributed by atoms with E-state index in [0.717, 1.165) is 50.5 Å². The normalized spacial score (nSPS) is 19.2. The van der Waals surface area contributed by atoms with Crippen LogP contribution in [0.15, 0.2) is 54.6 Å². The van der Waals surface area contributed by atoms with Gasteiger partial charge in [-0.1, -0.05) is 18.2 Å². The minimum Gasteiger partial charge on any atom is -0.378 e. The Bertz CT molecular complexity index is 885. The molecule has 2 heterocycles. The lowest BCUT2D eigenvalue weighted by Gasteiger charge is -2.39. The number of carbonyl (C=O) groups excluding carboxylic acids is 2. The van der Waals surface area contributed by atoms with E-state index in [0.29, 0.717) is 18.7 Å². The van der Waals surface area contributed by atoms with Gasteiger partial charge in [-0.15, -0.1) is 11.6 Å². The zero-order chi connectivity index (χ0) is 21.6. The number of ether oxygens (including phenoxy) is 1. The van der Waals surface area contributed by atoms with Crippen LogP contribution < -0.4 is 9.80 Å². The van der Waals surface area contributed by atoms with Crippen molar-refractivity contribution in [1.29, 1.82) is 0 Å². The van der Waals surface area contributed by atoms with E-state index in [1.807, 2.05) is 59.5 Å². The molecule has 0 aliphatic carbocycles. The van der Waals surface area contributed by atoms with Crippen LogP contribution in [-0.4, -0.2) is 68.0 Å². The number of hydrogen-bond donors (Lipinski definition) is 0. The van der Waals surface area contributed by atoms with Crippen molar-refractivity contribution in [3.63, 3.8) is 0 Å². The van der Waals surface area contributed by atoms with Gasteiger partial charge < -0.3 is 19.4 Å². The van der Waals surface area contributed by atoms with Gasteiger partial charge in [-0.05, 0) is 49.2 Å². The van der Waals surface area contributed by atoms with Crippen LogP contribution in [0.4, 0.5) is 11.4 Å². The number of anilines is 2. The molecule has 4 rings (SSSR count). The first-order chi connectivity index (χ1) is 15.2. The number of carbonyl (C=O) groups is 2. The van der Waals surface area contributed by atoms with Gasteiger partial charge in [0.2, 0.25) is 5.91 Å². The maximum absolute atomic E-state index is 13.2. The maximum atomic E-state index is 13.2. The molecule has 0 radical (unpaired) electrons. The smallest absolute Gasteiger partial charge is 0.253 e. The number of hydrogen-bond acceptors (Lipinski definition) is 4. The molecular weight excluding hydrogens is 414 g/mol. The fraction of sp³-hybridized carbons (Fsp3) is 0.417. The van der Waals surface area contributed by atoms with Gasteiger partial charge in [0.15, 0.2) is 0 Å². The molecule has 0 N–H and O–H groups in total. The standard InChI is InChI=1S/C24H28ClN3O3/c25-17-23(29)28(21-5-2-1-3-6-21)22-7-4-12-27(18-22)24(30)19-8-10-20(11-9-19)26-13-15-31-16-14-26/h1-3,5-6,8-11,22H,4,7,12-18H2/t22-/m1/s1. The molecule has 1 atom stereocenters. The Morgan fingerprint density at radius 1 is 1.00 bits per heavy atom. The minimum absolute atomic E-state index is 0.00422. The second-order valence-electron chi connectivity index (χ2n) is 7.93. The lowest BCUT2D eigenvalue weighted by molar-refractivity contribution is -0.117. The quantitative estimate of drug-likeness (QED) is 0.667. The molecule has 2 aromatic carbocycles. The first kappa shape index (κ1) is 21.7. The molecule has 2 fully saturated rings. The number of nitrogens with zero attached hydrogens (tertiary/aromatic N) is 3. The highest BCUT2D eigenvalue weighted by Crippen LogP contribution is 2.25. The summed E-state index contributed by atoms with van der Waals surface area (Å²) in [7, 11) is 0. The number of halogens is 1. The summed E-state index contributed by atoms with van der Waals surface area (Å²) in [4.78, 5) is 31.7. The Morgan fingerprint density at radius 3 is 2.39 bits per heavy atom. The second-order valence-corrected chi connectivity index (χ2v) is 8.19. The molecule has 0 bridgehead atoms. The molecular formula is C24H28ClN3O3. The van der Waals surface area contributed by atoms with Crippen molar-refractivity contribution < 1.29 is 14.3 Å². The monoisotopic (exact) mass is 441 g/mol. The Labute approximate surface area is 188 Å². The molecule has 2 amide bonds. The molecule has 2 aliphatic rings. The third-order valence-corrected chi connectivity index (χ3v) is 6.19. The zero-order valence-electron chi connectivity index (χ0n) is 17.6. The summed E-state index contributed by atoms with van der Waals surface area (Å²) < 4.78 is 5.41. The van der Waals surface area contributed by atoms with Crippen molar-refractivity contribution in [3.05, 3.63) is 60.2 Å². The van der Waals surface area contributed by atoms with Crippen molar-refractivity contribution in [1.82, 2.24) is 4.90 Å². The Kier molecular flexibility index (Phi) is 7.10. The van der Waals surface area contributed by atoms with Crippen molar-refractivity contribution in [2.45, 2.75) is 18.9 Å². The number of para-hydroxylation sites is 1. The van der Waals surface area contributed by atoms with Crippen LogP contribution >= 0.6 is 11.6 Å². The highest BCUT2D eigenvalue weighted by Gasteiger charge is 2.31. The summed E-state index contributed by atoms with van der Waals surface area (Å²) in [5, 5.41) is 0. The summed E-state index contributed by atoms with van der Waals surface area (Å²) in [5.41, 5.74) is 2.61. The average Bonchev–Trinajstić information content (AvgIpc) is 2.85. The topological polar surface area (TPSA) is 53.1 Å². The van der Waals surface area contributed by atoms with Gasteiger partial charge in [0.05, 0.1) is 19.3 Å². The molecule has 0 spiro atoms. The van der Waals surface area contributed by atoms with E-state index in [1.165, 1.54) is 0 Å². The van der Waals surface area contributed by atoms with Gasteiger partial charge in [-0.25, -0.2) is 0 Å². The van der Waals surface area contributed by atoms with E-state index in [4.69, 9.17) is 16.3 Å². The predicted molar refractivity (Wildman–Crippen MR) is 123 cm³/mol. The molecule has 2 aromatic rings. The Morgan fingerprint density at radius 2 is 1.71 bits per heavy atom. The summed E-state index contributed by atoms with van der Waals surface area (Å²) in [6, 6.07) is 17.3. The van der Waals surface area contributed by atoms with E-state index in [1.54, 1.807) is 4.90 Å². The summed E-state index contributed by atoms with van der Waals surface area (Å²) in [6.45, 7) is 4.39. The molecule has 7 heteroatoms. The molecule has 2 saturated heterocycles. The average molecular weight is 442 g/mol. The minimum atomic E-state index is -0.137. The van der Waals surface area contributed by atoms with E-state index >= 15 is 0 Å². The SMILES string of the molecule is O=C(c1ccc(N2CCOCC2)cc1)N1CCC[C@@H](N(C(=O)CCl)c2ccccc2)C1. The van der Waals surface area contributed by atoms with E-state index < -0.39 is 0 Å². The number of amides is 2. The third-order valence-electron chi connectivity index (χ3n) is 5.96. The van der Waals surface area contributed by atoms with Crippen LogP contribution in [0.25, 0.3) is 0 Å². The van der Waals surface area contributed by atoms with Gasteiger partial charge >= 0.3 is 0 Å². The van der Waals surface area contributed by atoms with Gasteiger partial charge in [0, 0.05) is 43.1 Å². The van der Waals surface area contributed by atoms with E-state index in [2.05, 4.69) is 4.90 Å². The third kappa shape index (κ3) is 5.02. The van der Waals surface area contributed by atoms with Crippen LogP contribution in [0, 0.1) is 0 Å². The van der Waals surface area contributed by atoms with Crippen LogP contribution in [-0.2, 0) is 9.53 Å². The Balaban J connectivity index is 1.47. The lowest BCUT2D eigenvalue weighted by atomic mass is 10.0. The predicted octanol–water partition coefficient (Wildman–Crippen LogP) is 3.40. The molecule has 6 nitrogen and oxygen atoms in total. The first-order valence-electron chi connectivity index (χ1n) is 10.8. The fourth-order valence-corrected chi connectivity index (χ4v) is 4.51. The molecule has 0 aromatic heterocycles. The number of rotatable bonds is 5. The highest BCUT2D eigenvalue weighted by atomic mass is 35.5. The summed E-state index contributed by atoms with van der Waals surface area (Å²) >= 11 is 5.91. The summed E-state index contributed by atoms with van der Waals surface area (Å²) in [5.74, 6) is -0.214. The van der Waals surface area contributed by atoms with E-state index in [9.17, 15) is 9.59 Å². The van der Waals surface area contributed by atoms with Gasteiger partial charge in [0.1, 0.15) is 5.88 Å². The Hall–Kier alpha value is -2.57. The number of alkyl halides is 1. The first-order valence-corrected chi connectivity index (χ1v) is 11.4. The highest BCUT2D eigenvalue weighted by molar-refractivity contribution is 6.29. The molecule has 0 saturated carbocycles. The number of piperidine rings is 1. The van der Waals surface area contributed by atoms with Crippen molar-refractivity contribution in [2.75, 3.05) is 55.1 Å². The zero-order valence-corrected chi connectivity index (χ0v) is 18.3. The second kappa shape index (κ2) is 10.2. The van der Waals surface area contributed by atoms with Crippen molar-refractivity contribution >= 4 is 34.8 Å². The van der Waals surface area contributed by atoms with Crippen LogP contribution in [0.5, 0.6) is 0 Å². The molecule has 2 aliphatic heterocycles. The molecule has 31 heavy (non-hydrogen) atoms. The number of likely N-dealkylation sites (tertiary alicyclic amines) is 1. The van der Waals surface area contributed by atoms with Crippen molar-refractivity contribution in [2.24, 2.45) is 0 Å². The largest absolute Gasteiger partial charge is 0.378 e. The van der Waals surface area contributed by atoms with Crippen molar-refractivity contribution in [3.8, 4) is 0 Å². The molecule has 0 unspecified atom stereocenters. The van der Waals surface area contributed by atoms with Gasteiger partial charge in [-0.3, -0.25) is 9.59 Å². The summed E-state index contributed by atoms with van der Waals surface area (Å²) in [6.07, 6.45) is 1.69. The van der Waals surface area contributed by atoms with Gasteiger partial charge in [0.25, 0.3) is 5.91 Å². The van der Waals surface area contributed by atoms with E-state index in [-0.39, 0.29) is 23.7 Å². The number of benzene rings is 2. The fourth-order valence-electron chi connectivity index (χ4n) is 4.38. The maximum Gasteiger partial charge on any atom is 0.253 e. The van der Waals surface area contributed by atoms with Crippen LogP contribution in [0.2, 0.25) is 0 Å². The lowest BCUT2D eigenvalue weighted by Crippen LogP contribution is -2.52. The van der Waals surface area contributed by atoms with Crippen LogP contribution in [0.3, 0.4) is 0 Å².